The number of rotatable bonds is 2. The first-order valence-electron chi connectivity index (χ1n) is 2.84. The Morgan fingerprint density at radius 3 is 0.909 bits per heavy atom. The van der Waals surface area contributed by atoms with Gasteiger partial charge in [0.1, 0.15) is 0 Å². The molecule has 0 aromatic carbocycles. The molecular weight excluding hydrogens is 194 g/mol. The zero-order valence-corrected chi connectivity index (χ0v) is 8.18. The molecule has 0 saturated heterocycles. The summed E-state index contributed by atoms with van der Waals surface area (Å²) < 4.78 is 0. The molecule has 8 heteroatoms. The summed E-state index contributed by atoms with van der Waals surface area (Å²) in [7, 11) is -9.42. The van der Waals surface area contributed by atoms with Crippen LogP contribution in [0.25, 0.3) is 0 Å². The summed E-state index contributed by atoms with van der Waals surface area (Å²) in [6.07, 6.45) is 0. The topological polar surface area (TPSA) is 121 Å². The van der Waals surface area contributed by atoms with E-state index in [4.69, 9.17) is 29.4 Å². The molecule has 6 nitrogen and oxygen atoms in total. The van der Waals surface area contributed by atoms with Crippen molar-refractivity contribution in [1.29, 1.82) is 0 Å². The van der Waals surface area contributed by atoms with Crippen LogP contribution in [0.3, 0.4) is 0 Å². The van der Waals surface area contributed by atoms with Gasteiger partial charge in [0, 0.05) is 0 Å². The molecule has 0 aromatic rings. The minimum atomic E-state index is -4.71. The van der Waals surface area contributed by atoms with Crippen molar-refractivity contribution in [2.45, 2.75) is 18.7 Å². The molecule has 0 heterocycles. The summed E-state index contributed by atoms with van der Waals surface area (Å²) >= 11 is 0. The van der Waals surface area contributed by atoms with Crippen LogP contribution in [0.1, 0.15) is 13.8 Å². The Hall–Kier alpha value is 0.620. The average molecular weight is 208 g/mol. The Bertz CT molecular complexity index is 127. The van der Waals surface area contributed by atoms with Crippen LogP contribution in [0.5, 0.6) is 0 Å². The fraction of sp³-hybridized carbons (Fsp3) is 1.00. The van der Waals surface area contributed by atoms with Crippen LogP contribution in [-0.2, 0) is 0 Å². The molecule has 0 bridgehead atoms. The van der Waals surface area contributed by atoms with Gasteiger partial charge in [-0.2, -0.15) is 0 Å². The maximum atomic E-state index is 8.69. The summed E-state index contributed by atoms with van der Waals surface area (Å²) in [5.41, 5.74) is 0. The monoisotopic (exact) mass is 208 g/mol. The second-order valence-electron chi connectivity index (χ2n) is 2.90. The van der Waals surface area contributed by atoms with Crippen molar-refractivity contribution in [3.8, 4) is 0 Å². The van der Waals surface area contributed by atoms with Crippen molar-refractivity contribution < 1.29 is 29.4 Å². The van der Waals surface area contributed by atoms with Gasteiger partial charge in [-0.05, 0) is 0 Å². The SMILES string of the molecule is CC(C)([PH](O)(O)O)[PH](O)(O)O. The van der Waals surface area contributed by atoms with E-state index in [0.29, 0.717) is 0 Å². The quantitative estimate of drug-likeness (QED) is 0.312. The molecule has 0 aromatic heterocycles. The van der Waals surface area contributed by atoms with Gasteiger partial charge in [-0.3, -0.25) is 0 Å². The molecule has 0 unspecified atom stereocenters. The van der Waals surface area contributed by atoms with E-state index in [9.17, 15) is 0 Å². The Morgan fingerprint density at radius 2 is 0.909 bits per heavy atom. The van der Waals surface area contributed by atoms with Gasteiger partial charge in [0.05, 0.1) is 0 Å². The predicted molar refractivity (Wildman–Crippen MR) is 44.0 cm³/mol. The first-order chi connectivity index (χ1) is 4.50. The van der Waals surface area contributed by atoms with Crippen LogP contribution in [0.15, 0.2) is 0 Å². The summed E-state index contributed by atoms with van der Waals surface area (Å²) in [6.45, 7) is 1.96. The summed E-state index contributed by atoms with van der Waals surface area (Å²) in [6, 6.07) is 0. The second-order valence-corrected chi connectivity index (χ2v) is 8.44. The van der Waals surface area contributed by atoms with Crippen LogP contribution in [0, 0.1) is 0 Å². The molecule has 0 spiro atoms. The van der Waals surface area contributed by atoms with Gasteiger partial charge in [-0.1, -0.05) is 0 Å². The molecule has 0 rings (SSSR count). The van der Waals surface area contributed by atoms with E-state index in [-0.39, 0.29) is 0 Å². The first kappa shape index (κ1) is 11.6. The number of hydrogen-bond acceptors (Lipinski definition) is 6. The van der Waals surface area contributed by atoms with E-state index in [0.717, 1.165) is 13.8 Å². The van der Waals surface area contributed by atoms with Gasteiger partial charge in [-0.15, -0.1) is 0 Å². The molecule has 0 radical (unpaired) electrons. The predicted octanol–water partition coefficient (Wildman–Crippen LogP) is -1.33. The van der Waals surface area contributed by atoms with Crippen molar-refractivity contribution in [1.82, 2.24) is 0 Å². The fourth-order valence-electron chi connectivity index (χ4n) is 0.225. The van der Waals surface area contributed by atoms with E-state index in [1.54, 1.807) is 0 Å². The third-order valence-electron chi connectivity index (χ3n) is 1.68. The Kier molecular flexibility index (Phi) is 2.99. The molecule has 0 atom stereocenters. The van der Waals surface area contributed by atoms with E-state index < -0.39 is 20.8 Å². The van der Waals surface area contributed by atoms with Crippen molar-refractivity contribution in [2.75, 3.05) is 0 Å². The van der Waals surface area contributed by atoms with E-state index in [1.807, 2.05) is 0 Å². The van der Waals surface area contributed by atoms with Gasteiger partial charge in [0.15, 0.2) is 0 Å². The summed E-state index contributed by atoms with van der Waals surface area (Å²) in [5, 5.41) is 0. The van der Waals surface area contributed by atoms with Gasteiger partial charge >= 0.3 is 64.0 Å². The Morgan fingerprint density at radius 1 is 0.727 bits per heavy atom. The molecule has 72 valence electrons. The normalized spacial score (nSPS) is 18.2. The molecule has 0 saturated carbocycles. The zero-order valence-electron chi connectivity index (χ0n) is 6.18. The van der Waals surface area contributed by atoms with Crippen molar-refractivity contribution in [3.05, 3.63) is 0 Å². The van der Waals surface area contributed by atoms with Crippen molar-refractivity contribution >= 4 is 15.9 Å². The van der Waals surface area contributed by atoms with Crippen LogP contribution < -0.4 is 0 Å². The number of hydrogen-bond donors (Lipinski definition) is 6. The van der Waals surface area contributed by atoms with Gasteiger partial charge in [-0.25, -0.2) is 0 Å². The molecule has 0 aliphatic rings. The van der Waals surface area contributed by atoms with Gasteiger partial charge < -0.3 is 0 Å². The maximum absolute atomic E-state index is 8.69. The Balaban J connectivity index is 4.75. The Labute approximate surface area is 64.9 Å². The standard InChI is InChI=1S/C3H14O6P2/c1-3(2,10(4,5)6)11(7,8)9/h4-11H,1-2H3. The zero-order chi connectivity index (χ0) is 9.50. The van der Waals surface area contributed by atoms with Crippen LogP contribution in [-0.4, -0.2) is 34.3 Å². The third-order valence-corrected chi connectivity index (χ3v) is 7.04. The minimum absolute atomic E-state index is 0.978. The van der Waals surface area contributed by atoms with Crippen LogP contribution >= 0.6 is 15.9 Å². The average Bonchev–Trinajstić information content (AvgIpc) is 1.58. The molecule has 0 aliphatic heterocycles. The van der Waals surface area contributed by atoms with Crippen LogP contribution in [0.4, 0.5) is 0 Å². The van der Waals surface area contributed by atoms with Gasteiger partial charge in [0.25, 0.3) is 0 Å². The van der Waals surface area contributed by atoms with Crippen LogP contribution in [0.2, 0.25) is 0 Å². The molecule has 0 aliphatic carbocycles. The molecule has 11 heavy (non-hydrogen) atoms. The van der Waals surface area contributed by atoms with Gasteiger partial charge in [0.2, 0.25) is 0 Å². The molecule has 0 fully saturated rings. The summed E-state index contributed by atoms with van der Waals surface area (Å²) in [5.74, 6) is 0. The van der Waals surface area contributed by atoms with Crippen molar-refractivity contribution in [2.24, 2.45) is 0 Å². The third kappa shape index (κ3) is 2.28. The molecule has 6 N–H and O–H groups in total. The van der Waals surface area contributed by atoms with E-state index in [1.165, 1.54) is 0 Å². The van der Waals surface area contributed by atoms with Crippen molar-refractivity contribution in [3.63, 3.8) is 0 Å². The fourth-order valence-corrected chi connectivity index (χ4v) is 2.03. The second kappa shape index (κ2) is 2.83. The summed E-state index contributed by atoms with van der Waals surface area (Å²) in [4.78, 5) is 50.1. The van der Waals surface area contributed by atoms with E-state index in [2.05, 4.69) is 0 Å². The molecule has 0 amide bonds. The molecular formula is C3H14O6P2. The first-order valence-corrected chi connectivity index (χ1v) is 6.52. The van der Waals surface area contributed by atoms with E-state index >= 15 is 0 Å².